The van der Waals surface area contributed by atoms with Crippen molar-refractivity contribution in [3.05, 3.63) is 112 Å². The molecule has 2 aromatic heterocycles. The summed E-state index contributed by atoms with van der Waals surface area (Å²) in [5.74, 6) is -2.32. The van der Waals surface area contributed by atoms with Crippen LogP contribution < -0.4 is 10.6 Å². The molecule has 7 rings (SSSR count). The highest BCUT2D eigenvalue weighted by atomic mass is 32.1. The van der Waals surface area contributed by atoms with E-state index in [9.17, 15) is 27.6 Å². The number of carbonyl (C=O) groups is 3. The van der Waals surface area contributed by atoms with E-state index in [0.29, 0.717) is 51.1 Å². The molecule has 1 unspecified atom stereocenters. The average molecular weight is 802 g/mol. The lowest BCUT2D eigenvalue weighted by molar-refractivity contribution is -0.159. The van der Waals surface area contributed by atoms with Crippen LogP contribution in [-0.2, 0) is 16.3 Å². The van der Waals surface area contributed by atoms with Crippen molar-refractivity contribution in [3.63, 3.8) is 0 Å². The lowest BCUT2D eigenvalue weighted by atomic mass is 9.78. The minimum atomic E-state index is -4.80. The number of likely N-dealkylation sites (tertiary alicyclic amines) is 1. The number of hydrogen-bond acceptors (Lipinski definition) is 10. The smallest absolute Gasteiger partial charge is 0.444 e. The predicted octanol–water partition coefficient (Wildman–Crippen LogP) is 7.36. The van der Waals surface area contributed by atoms with Crippen LogP contribution in [0.15, 0.2) is 88.8 Å². The molecule has 2 fully saturated rings. The van der Waals surface area contributed by atoms with E-state index in [0.717, 1.165) is 21.8 Å². The van der Waals surface area contributed by atoms with E-state index in [1.54, 1.807) is 28.0 Å². The van der Waals surface area contributed by atoms with E-state index in [-0.39, 0.29) is 41.5 Å². The molecule has 57 heavy (non-hydrogen) atoms. The molecule has 0 bridgehead atoms. The first-order valence-electron chi connectivity index (χ1n) is 18.6. The van der Waals surface area contributed by atoms with Gasteiger partial charge < -0.3 is 24.8 Å². The summed E-state index contributed by atoms with van der Waals surface area (Å²) < 4.78 is 49.3. The molecule has 16 heteroatoms. The standard InChI is InChI=1S/C41H42F3N7O5S/c1-39(2,3)55-38(54)51-21-18-45-23-32(51)27-12-14-28(15-13-27)35(53)50-19-16-40(17-20-50,37-47-31(24-57-37)26-8-5-4-6-9-26)25-46-34(52)30-11-7-10-29(22-30)33-48-36(56-49-33)41(42,43)44/h4-15,22,24,32,45H,16-21,23,25H2,1-3H3,(H,46,52). The molecule has 3 aromatic carbocycles. The monoisotopic (exact) mass is 801 g/mol. The van der Waals surface area contributed by atoms with Gasteiger partial charge in [-0.05, 0) is 63.4 Å². The summed E-state index contributed by atoms with van der Waals surface area (Å²) >= 11 is 1.50. The van der Waals surface area contributed by atoms with Gasteiger partial charge in [-0.1, -0.05) is 59.8 Å². The molecule has 2 aliphatic rings. The Bertz CT molecular complexity index is 2210. The average Bonchev–Trinajstić information content (AvgIpc) is 3.92. The summed E-state index contributed by atoms with van der Waals surface area (Å²) in [4.78, 5) is 52.5. The van der Waals surface area contributed by atoms with Crippen LogP contribution in [0.3, 0.4) is 0 Å². The van der Waals surface area contributed by atoms with Gasteiger partial charge in [0.15, 0.2) is 0 Å². The van der Waals surface area contributed by atoms with Crippen LogP contribution in [0.1, 0.15) is 76.8 Å². The van der Waals surface area contributed by atoms with Gasteiger partial charge in [0.2, 0.25) is 5.82 Å². The summed E-state index contributed by atoms with van der Waals surface area (Å²) in [5.41, 5.74) is 2.36. The van der Waals surface area contributed by atoms with Crippen molar-refractivity contribution in [2.24, 2.45) is 0 Å². The fourth-order valence-electron chi connectivity index (χ4n) is 7.04. The molecule has 0 radical (unpaired) electrons. The Balaban J connectivity index is 1.06. The van der Waals surface area contributed by atoms with E-state index in [1.165, 1.54) is 29.5 Å². The number of alkyl halides is 3. The number of aromatic nitrogens is 3. The third-order valence-electron chi connectivity index (χ3n) is 10.1. The third kappa shape index (κ3) is 9.02. The highest BCUT2D eigenvalue weighted by Crippen LogP contribution is 2.39. The van der Waals surface area contributed by atoms with Crippen LogP contribution in [0.2, 0.25) is 0 Å². The van der Waals surface area contributed by atoms with Gasteiger partial charge in [-0.25, -0.2) is 9.78 Å². The fraction of sp³-hybridized carbons (Fsp3) is 0.366. The van der Waals surface area contributed by atoms with E-state index >= 15 is 0 Å². The van der Waals surface area contributed by atoms with E-state index < -0.39 is 29.0 Å². The molecule has 2 N–H and O–H groups in total. The maximum atomic E-state index is 13.9. The Morgan fingerprint density at radius 1 is 0.930 bits per heavy atom. The van der Waals surface area contributed by atoms with Gasteiger partial charge >= 0.3 is 18.2 Å². The Morgan fingerprint density at radius 2 is 1.65 bits per heavy atom. The summed E-state index contributed by atoms with van der Waals surface area (Å²) in [7, 11) is 0. The number of amides is 3. The molecule has 298 valence electrons. The molecular formula is C41H42F3N7O5S. The quantitative estimate of drug-likeness (QED) is 0.165. The summed E-state index contributed by atoms with van der Waals surface area (Å²) in [6, 6.07) is 22.9. The second-order valence-corrected chi connectivity index (χ2v) is 16.0. The number of halogens is 3. The van der Waals surface area contributed by atoms with Crippen LogP contribution in [0.4, 0.5) is 18.0 Å². The van der Waals surface area contributed by atoms with Crippen LogP contribution in [0.5, 0.6) is 0 Å². The predicted molar refractivity (Wildman–Crippen MR) is 206 cm³/mol. The van der Waals surface area contributed by atoms with Crippen LogP contribution in [0, 0.1) is 0 Å². The summed E-state index contributed by atoms with van der Waals surface area (Å²) in [6.45, 7) is 8.26. The normalized spacial score (nSPS) is 17.3. The zero-order valence-corrected chi connectivity index (χ0v) is 32.5. The molecule has 3 amide bonds. The van der Waals surface area contributed by atoms with Crippen LogP contribution in [-0.4, -0.2) is 87.7 Å². The van der Waals surface area contributed by atoms with Crippen molar-refractivity contribution < 1.29 is 36.8 Å². The number of hydrogen-bond donors (Lipinski definition) is 2. The van der Waals surface area contributed by atoms with Crippen molar-refractivity contribution in [2.75, 3.05) is 39.3 Å². The third-order valence-corrected chi connectivity index (χ3v) is 11.2. The second kappa shape index (κ2) is 16.1. The lowest BCUT2D eigenvalue weighted by Crippen LogP contribution is -2.50. The maximum Gasteiger partial charge on any atom is 0.471 e. The summed E-state index contributed by atoms with van der Waals surface area (Å²) in [6.07, 6.45) is -4.14. The molecule has 4 heterocycles. The largest absolute Gasteiger partial charge is 0.471 e. The molecule has 1 atom stereocenters. The van der Waals surface area contributed by atoms with E-state index in [4.69, 9.17) is 9.72 Å². The van der Waals surface area contributed by atoms with Gasteiger partial charge in [-0.3, -0.25) is 14.5 Å². The molecule has 12 nitrogen and oxygen atoms in total. The molecule has 5 aromatic rings. The Labute approximate surface area is 331 Å². The zero-order valence-electron chi connectivity index (χ0n) is 31.6. The first-order chi connectivity index (χ1) is 27.2. The number of piperidine rings is 1. The minimum absolute atomic E-state index is 0.124. The van der Waals surface area contributed by atoms with Crippen molar-refractivity contribution in [2.45, 2.75) is 56.8 Å². The van der Waals surface area contributed by atoms with Crippen molar-refractivity contribution in [3.8, 4) is 22.6 Å². The number of thiazole rings is 1. The minimum Gasteiger partial charge on any atom is -0.444 e. The van der Waals surface area contributed by atoms with Crippen molar-refractivity contribution in [1.29, 1.82) is 0 Å². The van der Waals surface area contributed by atoms with Gasteiger partial charge in [0, 0.05) is 72.3 Å². The van der Waals surface area contributed by atoms with E-state index in [1.807, 2.05) is 68.6 Å². The maximum absolute atomic E-state index is 13.9. The van der Waals surface area contributed by atoms with Gasteiger partial charge in [-0.2, -0.15) is 18.2 Å². The Kier molecular flexibility index (Phi) is 11.2. The molecular weight excluding hydrogens is 760 g/mol. The number of nitrogens with zero attached hydrogens (tertiary/aromatic N) is 5. The van der Waals surface area contributed by atoms with Crippen LogP contribution in [0.25, 0.3) is 22.6 Å². The second-order valence-electron chi connectivity index (χ2n) is 15.2. The number of ether oxygens (including phenoxy) is 1. The highest BCUT2D eigenvalue weighted by Gasteiger charge is 2.41. The highest BCUT2D eigenvalue weighted by molar-refractivity contribution is 7.10. The molecule has 0 aliphatic carbocycles. The van der Waals surface area contributed by atoms with Gasteiger partial charge in [-0.15, -0.1) is 11.3 Å². The first kappa shape index (κ1) is 39.6. The molecule has 0 saturated carbocycles. The summed E-state index contributed by atoms with van der Waals surface area (Å²) in [5, 5.41) is 12.6. The van der Waals surface area contributed by atoms with Gasteiger partial charge in [0.25, 0.3) is 11.8 Å². The number of benzene rings is 3. The van der Waals surface area contributed by atoms with Crippen LogP contribution >= 0.6 is 11.3 Å². The van der Waals surface area contributed by atoms with E-state index in [2.05, 4.69) is 25.3 Å². The van der Waals surface area contributed by atoms with Crippen molar-refractivity contribution >= 4 is 29.2 Å². The first-order valence-corrected chi connectivity index (χ1v) is 19.5. The number of rotatable bonds is 8. The van der Waals surface area contributed by atoms with Gasteiger partial charge in [0.1, 0.15) is 10.6 Å². The SMILES string of the molecule is CC(C)(C)OC(=O)N1CCNCC1c1ccc(C(=O)N2CCC(CNC(=O)c3cccc(-c4noc(C(F)(F)F)n4)c3)(c3nc(-c4ccccc4)cs3)CC2)cc1. The Morgan fingerprint density at radius 3 is 2.33 bits per heavy atom. The molecule has 0 spiro atoms. The molecule has 2 aliphatic heterocycles. The Hall–Kier alpha value is -5.61. The number of nitrogens with one attached hydrogen (secondary N) is 2. The zero-order chi connectivity index (χ0) is 40.4. The number of carbonyl (C=O) groups excluding carboxylic acids is 3. The fourth-order valence-corrected chi connectivity index (χ4v) is 8.13. The van der Waals surface area contributed by atoms with Gasteiger partial charge in [0.05, 0.1) is 11.7 Å². The molecule has 2 saturated heterocycles. The lowest BCUT2D eigenvalue weighted by Gasteiger charge is -2.41. The van der Waals surface area contributed by atoms with Crippen molar-refractivity contribution in [1.82, 2.24) is 35.6 Å². The number of piperazine rings is 1. The topological polar surface area (TPSA) is 143 Å².